The van der Waals surface area contributed by atoms with Gasteiger partial charge in [-0.15, -0.1) is 0 Å². The van der Waals surface area contributed by atoms with Crippen LogP contribution in [0.2, 0.25) is 0 Å². The fourth-order valence-corrected chi connectivity index (χ4v) is 1.84. The largest absolute Gasteiger partial charge is 0.481 e. The summed E-state index contributed by atoms with van der Waals surface area (Å²) < 4.78 is 1.99. The predicted octanol–water partition coefficient (Wildman–Crippen LogP) is 2.19. The van der Waals surface area contributed by atoms with Gasteiger partial charge in [-0.05, 0) is 5.56 Å². The molecule has 1 unspecified atom stereocenters. The first-order valence-electron chi connectivity index (χ1n) is 5.92. The molecule has 0 aliphatic rings. The standard InChI is InChI=1S/C14H16N2O2/c1-11(14(17)18)7-13-8-15-10-16(13)9-12-5-3-2-4-6-12/h2-6,8,10-11H,7,9H2,1H3,(H,17,18). The highest BCUT2D eigenvalue weighted by atomic mass is 16.4. The van der Waals surface area contributed by atoms with Gasteiger partial charge >= 0.3 is 5.97 Å². The molecule has 1 aromatic heterocycles. The molecule has 0 saturated carbocycles. The number of carboxylic acid groups (broad SMARTS) is 1. The van der Waals surface area contributed by atoms with E-state index in [4.69, 9.17) is 5.11 Å². The van der Waals surface area contributed by atoms with Gasteiger partial charge in [-0.25, -0.2) is 4.98 Å². The monoisotopic (exact) mass is 244 g/mol. The van der Waals surface area contributed by atoms with Crippen molar-refractivity contribution >= 4 is 5.97 Å². The average Bonchev–Trinajstić information content (AvgIpc) is 2.78. The highest BCUT2D eigenvalue weighted by molar-refractivity contribution is 5.69. The Hall–Kier alpha value is -2.10. The Labute approximate surface area is 106 Å². The molecule has 0 amide bonds. The van der Waals surface area contributed by atoms with Crippen molar-refractivity contribution in [1.82, 2.24) is 9.55 Å². The molecular weight excluding hydrogens is 228 g/mol. The third-order valence-electron chi connectivity index (χ3n) is 2.93. The quantitative estimate of drug-likeness (QED) is 0.877. The van der Waals surface area contributed by atoms with Gasteiger partial charge in [0.05, 0.1) is 12.2 Å². The first-order chi connectivity index (χ1) is 8.66. The van der Waals surface area contributed by atoms with Crippen LogP contribution in [0, 0.1) is 5.92 Å². The fraction of sp³-hybridized carbons (Fsp3) is 0.286. The summed E-state index contributed by atoms with van der Waals surface area (Å²) in [6, 6.07) is 10.1. The summed E-state index contributed by atoms with van der Waals surface area (Å²) in [7, 11) is 0. The molecule has 0 spiro atoms. The lowest BCUT2D eigenvalue weighted by molar-refractivity contribution is -0.141. The summed E-state index contributed by atoms with van der Waals surface area (Å²) >= 11 is 0. The molecule has 0 saturated heterocycles. The summed E-state index contributed by atoms with van der Waals surface area (Å²) in [6.07, 6.45) is 3.99. The van der Waals surface area contributed by atoms with Crippen LogP contribution in [0.3, 0.4) is 0 Å². The van der Waals surface area contributed by atoms with Crippen LogP contribution in [0.25, 0.3) is 0 Å². The SMILES string of the molecule is CC(Cc1cncn1Cc1ccccc1)C(=O)O. The zero-order valence-electron chi connectivity index (χ0n) is 10.3. The minimum Gasteiger partial charge on any atom is -0.481 e. The molecule has 0 bridgehead atoms. The summed E-state index contributed by atoms with van der Waals surface area (Å²) in [4.78, 5) is 15.0. The lowest BCUT2D eigenvalue weighted by Gasteiger charge is -2.10. The minimum atomic E-state index is -0.775. The second kappa shape index (κ2) is 5.49. The number of carboxylic acids is 1. The molecule has 2 aromatic rings. The Morgan fingerprint density at radius 3 is 2.78 bits per heavy atom. The molecule has 1 heterocycles. The van der Waals surface area contributed by atoms with Gasteiger partial charge in [-0.1, -0.05) is 37.3 Å². The van der Waals surface area contributed by atoms with Crippen molar-refractivity contribution in [1.29, 1.82) is 0 Å². The van der Waals surface area contributed by atoms with Crippen molar-refractivity contribution in [2.75, 3.05) is 0 Å². The van der Waals surface area contributed by atoms with Gasteiger partial charge in [0, 0.05) is 24.9 Å². The zero-order valence-corrected chi connectivity index (χ0v) is 10.3. The van der Waals surface area contributed by atoms with Gasteiger partial charge in [-0.2, -0.15) is 0 Å². The van der Waals surface area contributed by atoms with Crippen molar-refractivity contribution in [3.8, 4) is 0 Å². The minimum absolute atomic E-state index is 0.392. The lowest BCUT2D eigenvalue weighted by atomic mass is 10.1. The maximum Gasteiger partial charge on any atom is 0.306 e. The molecule has 0 aliphatic carbocycles. The third kappa shape index (κ3) is 2.97. The molecule has 0 fully saturated rings. The Morgan fingerprint density at radius 2 is 2.11 bits per heavy atom. The maximum absolute atomic E-state index is 10.9. The van der Waals surface area contributed by atoms with E-state index in [1.54, 1.807) is 19.4 Å². The third-order valence-corrected chi connectivity index (χ3v) is 2.93. The van der Waals surface area contributed by atoms with E-state index in [1.165, 1.54) is 5.56 Å². The number of nitrogens with zero attached hydrogens (tertiary/aromatic N) is 2. The van der Waals surface area contributed by atoms with Crippen molar-refractivity contribution in [3.63, 3.8) is 0 Å². The number of aromatic nitrogens is 2. The molecule has 1 N–H and O–H groups in total. The van der Waals surface area contributed by atoms with Gasteiger partial charge in [0.2, 0.25) is 0 Å². The van der Waals surface area contributed by atoms with Crippen LogP contribution in [0.15, 0.2) is 42.9 Å². The summed E-state index contributed by atoms with van der Waals surface area (Å²) in [5, 5.41) is 8.93. The molecule has 1 atom stereocenters. The van der Waals surface area contributed by atoms with E-state index < -0.39 is 11.9 Å². The fourth-order valence-electron chi connectivity index (χ4n) is 1.84. The molecule has 2 rings (SSSR count). The number of aliphatic carboxylic acids is 1. The average molecular weight is 244 g/mol. The van der Waals surface area contributed by atoms with Crippen LogP contribution in [-0.2, 0) is 17.8 Å². The molecule has 0 aliphatic heterocycles. The Balaban J connectivity index is 2.11. The molecule has 94 valence electrons. The van der Waals surface area contributed by atoms with Crippen molar-refractivity contribution in [2.45, 2.75) is 19.9 Å². The van der Waals surface area contributed by atoms with Gasteiger partial charge in [-0.3, -0.25) is 4.79 Å². The molecule has 4 heteroatoms. The Bertz CT molecular complexity index is 520. The number of rotatable bonds is 5. The zero-order chi connectivity index (χ0) is 13.0. The first-order valence-corrected chi connectivity index (χ1v) is 5.92. The summed E-state index contributed by atoms with van der Waals surface area (Å²) in [5.41, 5.74) is 2.13. The summed E-state index contributed by atoms with van der Waals surface area (Å²) in [5.74, 6) is -1.17. The van der Waals surface area contributed by atoms with E-state index in [-0.39, 0.29) is 0 Å². The van der Waals surface area contributed by atoms with E-state index in [9.17, 15) is 4.79 Å². The maximum atomic E-state index is 10.9. The molecule has 1 aromatic carbocycles. The normalized spacial score (nSPS) is 12.3. The first kappa shape index (κ1) is 12.4. The number of imidazole rings is 1. The molecule has 0 radical (unpaired) electrons. The van der Waals surface area contributed by atoms with Gasteiger partial charge in [0.1, 0.15) is 0 Å². The number of benzene rings is 1. The van der Waals surface area contributed by atoms with Gasteiger partial charge in [0.15, 0.2) is 0 Å². The van der Waals surface area contributed by atoms with Crippen LogP contribution in [0.5, 0.6) is 0 Å². The van der Waals surface area contributed by atoms with Crippen LogP contribution in [-0.4, -0.2) is 20.6 Å². The topological polar surface area (TPSA) is 55.1 Å². The van der Waals surface area contributed by atoms with E-state index in [0.717, 1.165) is 12.2 Å². The van der Waals surface area contributed by atoms with E-state index >= 15 is 0 Å². The summed E-state index contributed by atoms with van der Waals surface area (Å²) in [6.45, 7) is 2.44. The van der Waals surface area contributed by atoms with E-state index in [2.05, 4.69) is 4.98 Å². The van der Waals surface area contributed by atoms with Crippen LogP contribution in [0.1, 0.15) is 18.2 Å². The second-order valence-electron chi connectivity index (χ2n) is 4.44. The Kier molecular flexibility index (Phi) is 3.77. The Morgan fingerprint density at radius 1 is 1.39 bits per heavy atom. The second-order valence-corrected chi connectivity index (χ2v) is 4.44. The van der Waals surface area contributed by atoms with Crippen LogP contribution >= 0.6 is 0 Å². The van der Waals surface area contributed by atoms with E-state index in [1.807, 2.05) is 34.9 Å². The van der Waals surface area contributed by atoms with Crippen molar-refractivity contribution in [2.24, 2.45) is 5.92 Å². The lowest BCUT2D eigenvalue weighted by Crippen LogP contribution is -2.15. The highest BCUT2D eigenvalue weighted by Crippen LogP contribution is 2.11. The van der Waals surface area contributed by atoms with Gasteiger partial charge in [0.25, 0.3) is 0 Å². The number of hydrogen-bond donors (Lipinski definition) is 1. The van der Waals surface area contributed by atoms with Crippen LogP contribution < -0.4 is 0 Å². The smallest absolute Gasteiger partial charge is 0.306 e. The number of carbonyl (C=O) groups is 1. The van der Waals surface area contributed by atoms with Crippen molar-refractivity contribution in [3.05, 3.63) is 54.1 Å². The van der Waals surface area contributed by atoms with E-state index in [0.29, 0.717) is 6.42 Å². The molecule has 4 nitrogen and oxygen atoms in total. The molecular formula is C14H16N2O2. The van der Waals surface area contributed by atoms with Crippen LogP contribution in [0.4, 0.5) is 0 Å². The number of hydrogen-bond acceptors (Lipinski definition) is 2. The van der Waals surface area contributed by atoms with Crippen molar-refractivity contribution < 1.29 is 9.90 Å². The molecule has 18 heavy (non-hydrogen) atoms. The predicted molar refractivity (Wildman–Crippen MR) is 68.3 cm³/mol. The highest BCUT2D eigenvalue weighted by Gasteiger charge is 2.14. The van der Waals surface area contributed by atoms with Gasteiger partial charge < -0.3 is 9.67 Å².